The van der Waals surface area contributed by atoms with Gasteiger partial charge in [-0.2, -0.15) is 0 Å². The fraction of sp³-hybridized carbons (Fsp3) is 0.438. The van der Waals surface area contributed by atoms with Gasteiger partial charge >= 0.3 is 6.03 Å². The van der Waals surface area contributed by atoms with Crippen LogP contribution in [0.4, 0.5) is 10.5 Å². The Labute approximate surface area is 140 Å². The van der Waals surface area contributed by atoms with Crippen LogP contribution in [0, 0.1) is 0 Å². The maximum absolute atomic E-state index is 12.7. The van der Waals surface area contributed by atoms with E-state index < -0.39 is 9.84 Å². The number of nitrogens with zero attached hydrogens (tertiary/aromatic N) is 1. The number of rotatable bonds is 5. The Balaban J connectivity index is 1.79. The summed E-state index contributed by atoms with van der Waals surface area (Å²) < 4.78 is 28.6. The second-order valence-corrected chi connectivity index (χ2v) is 8.15. The van der Waals surface area contributed by atoms with Crippen LogP contribution in [0.25, 0.3) is 10.9 Å². The largest absolute Gasteiger partial charge is 0.383 e. The fourth-order valence-electron chi connectivity index (χ4n) is 3.04. The molecule has 8 heteroatoms. The SMILES string of the molecule is COCCN(C(=O)Nc1cccc2[nH]ccc12)C1CCS(=O)(=O)C1. The number of ether oxygens (including phenoxy) is 1. The van der Waals surface area contributed by atoms with E-state index in [1.165, 1.54) is 0 Å². The number of benzene rings is 1. The number of hydrogen-bond acceptors (Lipinski definition) is 4. The summed E-state index contributed by atoms with van der Waals surface area (Å²) in [5.41, 5.74) is 1.63. The molecule has 0 radical (unpaired) electrons. The van der Waals surface area contributed by atoms with E-state index in [0.29, 0.717) is 25.3 Å². The highest BCUT2D eigenvalue weighted by Crippen LogP contribution is 2.24. The van der Waals surface area contributed by atoms with Gasteiger partial charge in [0.2, 0.25) is 0 Å². The van der Waals surface area contributed by atoms with E-state index in [2.05, 4.69) is 10.3 Å². The monoisotopic (exact) mass is 351 g/mol. The van der Waals surface area contributed by atoms with Gasteiger partial charge in [-0.3, -0.25) is 0 Å². The molecule has 1 aliphatic rings. The fourth-order valence-corrected chi connectivity index (χ4v) is 4.77. The van der Waals surface area contributed by atoms with Gasteiger partial charge < -0.3 is 19.9 Å². The van der Waals surface area contributed by atoms with Crippen molar-refractivity contribution in [3.63, 3.8) is 0 Å². The molecule has 1 saturated heterocycles. The molecule has 2 amide bonds. The van der Waals surface area contributed by atoms with Crippen LogP contribution < -0.4 is 5.32 Å². The second kappa shape index (κ2) is 6.82. The molecule has 0 spiro atoms. The van der Waals surface area contributed by atoms with Crippen molar-refractivity contribution in [2.45, 2.75) is 12.5 Å². The topological polar surface area (TPSA) is 91.5 Å². The zero-order chi connectivity index (χ0) is 17.2. The molecule has 0 saturated carbocycles. The summed E-state index contributed by atoms with van der Waals surface area (Å²) in [7, 11) is -1.51. The molecule has 0 aliphatic carbocycles. The average Bonchev–Trinajstić information content (AvgIpc) is 3.15. The van der Waals surface area contributed by atoms with Crippen LogP contribution in [-0.2, 0) is 14.6 Å². The van der Waals surface area contributed by atoms with Crippen LogP contribution in [0.1, 0.15) is 6.42 Å². The number of carbonyl (C=O) groups is 1. The first-order valence-electron chi connectivity index (χ1n) is 7.83. The number of nitrogens with one attached hydrogen (secondary N) is 2. The molecule has 7 nitrogen and oxygen atoms in total. The van der Waals surface area contributed by atoms with Crippen LogP contribution in [-0.4, -0.2) is 62.1 Å². The summed E-state index contributed by atoms with van der Waals surface area (Å²) in [6, 6.07) is 6.89. The van der Waals surface area contributed by atoms with Gasteiger partial charge in [0.1, 0.15) is 0 Å². The van der Waals surface area contributed by atoms with Gasteiger partial charge in [0.05, 0.1) is 23.8 Å². The van der Waals surface area contributed by atoms with Crippen LogP contribution in [0.15, 0.2) is 30.5 Å². The van der Waals surface area contributed by atoms with Crippen molar-refractivity contribution < 1.29 is 17.9 Å². The summed E-state index contributed by atoms with van der Waals surface area (Å²) in [6.07, 6.45) is 2.28. The summed E-state index contributed by atoms with van der Waals surface area (Å²) in [5.74, 6) is 0.139. The van der Waals surface area contributed by atoms with Gasteiger partial charge in [-0.1, -0.05) is 6.07 Å². The van der Waals surface area contributed by atoms with E-state index in [1.54, 1.807) is 12.0 Å². The molecule has 1 aliphatic heterocycles. The van der Waals surface area contributed by atoms with Gasteiger partial charge in [0.25, 0.3) is 0 Å². The minimum atomic E-state index is -3.07. The van der Waals surface area contributed by atoms with Crippen LogP contribution >= 0.6 is 0 Å². The number of carbonyl (C=O) groups excluding carboxylic acids is 1. The first-order valence-corrected chi connectivity index (χ1v) is 9.65. The third kappa shape index (κ3) is 3.54. The number of urea groups is 1. The van der Waals surface area contributed by atoms with E-state index in [4.69, 9.17) is 4.74 Å². The molecule has 2 aromatic rings. The second-order valence-electron chi connectivity index (χ2n) is 5.92. The van der Waals surface area contributed by atoms with E-state index in [0.717, 1.165) is 10.9 Å². The average molecular weight is 351 g/mol. The minimum absolute atomic E-state index is 0.0124. The number of aromatic amines is 1. The highest BCUT2D eigenvalue weighted by molar-refractivity contribution is 7.91. The number of H-pyrrole nitrogens is 1. The molecule has 1 unspecified atom stereocenters. The third-order valence-electron chi connectivity index (χ3n) is 4.28. The predicted molar refractivity (Wildman–Crippen MR) is 93.0 cm³/mol. The van der Waals surface area contributed by atoms with Crippen LogP contribution in [0.5, 0.6) is 0 Å². The zero-order valence-corrected chi connectivity index (χ0v) is 14.3. The maximum Gasteiger partial charge on any atom is 0.322 e. The number of sulfone groups is 1. The highest BCUT2D eigenvalue weighted by atomic mass is 32.2. The Morgan fingerprint density at radius 3 is 2.96 bits per heavy atom. The van der Waals surface area contributed by atoms with Gasteiger partial charge in [0, 0.05) is 36.8 Å². The standard InChI is InChI=1S/C16H21N3O4S/c1-23-9-8-19(12-6-10-24(21,22)11-12)16(20)18-15-4-2-3-14-13(15)5-7-17-14/h2-5,7,12,17H,6,8-11H2,1H3,(H,18,20). The lowest BCUT2D eigenvalue weighted by Gasteiger charge is -2.28. The molecular formula is C16H21N3O4S. The molecule has 2 N–H and O–H groups in total. The number of methoxy groups -OCH3 is 1. The van der Waals surface area contributed by atoms with Gasteiger partial charge in [0.15, 0.2) is 9.84 Å². The molecule has 130 valence electrons. The Morgan fingerprint density at radius 2 is 2.25 bits per heavy atom. The van der Waals surface area contributed by atoms with Crippen molar-refractivity contribution in [1.82, 2.24) is 9.88 Å². The number of anilines is 1. The Morgan fingerprint density at radius 1 is 1.42 bits per heavy atom. The molecule has 1 aromatic carbocycles. The maximum atomic E-state index is 12.7. The quantitative estimate of drug-likeness (QED) is 0.860. The number of fused-ring (bicyclic) bond motifs is 1. The summed E-state index contributed by atoms with van der Waals surface area (Å²) in [6.45, 7) is 0.712. The Bertz CT molecular complexity index is 831. The molecule has 1 atom stereocenters. The van der Waals surface area contributed by atoms with Crippen LogP contribution in [0.3, 0.4) is 0 Å². The molecule has 24 heavy (non-hydrogen) atoms. The Kier molecular flexibility index (Phi) is 4.77. The molecule has 0 bridgehead atoms. The van der Waals surface area contributed by atoms with Gasteiger partial charge in [-0.15, -0.1) is 0 Å². The predicted octanol–water partition coefficient (Wildman–Crippen LogP) is 1.84. The van der Waals surface area contributed by atoms with Gasteiger partial charge in [-0.05, 0) is 24.6 Å². The third-order valence-corrected chi connectivity index (χ3v) is 6.03. The van der Waals surface area contributed by atoms with Gasteiger partial charge in [-0.25, -0.2) is 13.2 Å². The van der Waals surface area contributed by atoms with Crippen LogP contribution in [0.2, 0.25) is 0 Å². The molecule has 1 fully saturated rings. The van der Waals surface area contributed by atoms with E-state index in [-0.39, 0.29) is 23.6 Å². The molecule has 1 aromatic heterocycles. The number of amides is 2. The highest BCUT2D eigenvalue weighted by Gasteiger charge is 2.34. The van der Waals surface area contributed by atoms with Crippen molar-refractivity contribution in [2.75, 3.05) is 37.1 Å². The lowest BCUT2D eigenvalue weighted by atomic mass is 10.2. The van der Waals surface area contributed by atoms with E-state index >= 15 is 0 Å². The lowest BCUT2D eigenvalue weighted by molar-refractivity contribution is 0.140. The first-order chi connectivity index (χ1) is 11.5. The Hall–Kier alpha value is -2.06. The molecule has 2 heterocycles. The minimum Gasteiger partial charge on any atom is -0.383 e. The summed E-state index contributed by atoms with van der Waals surface area (Å²) in [5, 5.41) is 3.81. The normalized spacial score (nSPS) is 19.5. The van der Waals surface area contributed by atoms with Crippen molar-refractivity contribution in [1.29, 1.82) is 0 Å². The molecule has 3 rings (SSSR count). The van der Waals surface area contributed by atoms with E-state index in [9.17, 15) is 13.2 Å². The lowest BCUT2D eigenvalue weighted by Crippen LogP contribution is -2.45. The number of aromatic nitrogens is 1. The summed E-state index contributed by atoms with van der Waals surface area (Å²) >= 11 is 0. The smallest absolute Gasteiger partial charge is 0.322 e. The van der Waals surface area contributed by atoms with Crippen molar-refractivity contribution >= 4 is 32.5 Å². The zero-order valence-electron chi connectivity index (χ0n) is 13.5. The van der Waals surface area contributed by atoms with Crippen molar-refractivity contribution in [3.05, 3.63) is 30.5 Å². The molecular weight excluding hydrogens is 330 g/mol. The first kappa shape index (κ1) is 16.8. The van der Waals surface area contributed by atoms with Crippen molar-refractivity contribution in [3.8, 4) is 0 Å². The van der Waals surface area contributed by atoms with E-state index in [1.807, 2.05) is 30.5 Å². The summed E-state index contributed by atoms with van der Waals surface area (Å²) in [4.78, 5) is 17.4. The number of hydrogen-bond donors (Lipinski definition) is 2. The van der Waals surface area contributed by atoms with Crippen molar-refractivity contribution in [2.24, 2.45) is 0 Å².